The Kier molecular flexibility index (Phi) is 3.64. The molecule has 1 saturated carbocycles. The van der Waals surface area contributed by atoms with Gasteiger partial charge in [-0.3, -0.25) is 0 Å². The Morgan fingerprint density at radius 3 is 2.59 bits per heavy atom. The summed E-state index contributed by atoms with van der Waals surface area (Å²) >= 11 is 0. The molecule has 1 aliphatic rings. The zero-order chi connectivity index (χ0) is 12.1. The van der Waals surface area contributed by atoms with Gasteiger partial charge in [-0.2, -0.15) is 5.26 Å². The lowest BCUT2D eigenvalue weighted by atomic mass is 9.66. The zero-order valence-electron chi connectivity index (χ0n) is 10.3. The van der Waals surface area contributed by atoms with Gasteiger partial charge in [0, 0.05) is 5.41 Å². The molecule has 1 aromatic rings. The van der Waals surface area contributed by atoms with E-state index in [4.69, 9.17) is 0 Å². The second-order valence-corrected chi connectivity index (χ2v) is 4.99. The summed E-state index contributed by atoms with van der Waals surface area (Å²) in [5.74, 6) is 0. The number of benzene rings is 1. The van der Waals surface area contributed by atoms with Crippen LogP contribution < -0.4 is 0 Å². The predicted molar refractivity (Wildman–Crippen MR) is 70.7 cm³/mol. The molecule has 0 bridgehead atoms. The largest absolute Gasteiger partial charge is 0.192 e. The van der Waals surface area contributed by atoms with Gasteiger partial charge in [-0.15, -0.1) is 6.58 Å². The van der Waals surface area contributed by atoms with Crippen molar-refractivity contribution < 1.29 is 0 Å². The van der Waals surface area contributed by atoms with Crippen LogP contribution in [-0.4, -0.2) is 0 Å². The lowest BCUT2D eigenvalue weighted by Gasteiger charge is -2.37. The summed E-state index contributed by atoms with van der Waals surface area (Å²) in [4.78, 5) is 0. The number of allylic oxidation sites excluding steroid dienone is 1. The molecule has 0 aromatic heterocycles. The van der Waals surface area contributed by atoms with E-state index in [1.807, 2.05) is 18.2 Å². The summed E-state index contributed by atoms with van der Waals surface area (Å²) in [6.45, 7) is 3.90. The van der Waals surface area contributed by atoms with Crippen molar-refractivity contribution in [1.82, 2.24) is 0 Å². The third kappa shape index (κ3) is 2.26. The Morgan fingerprint density at radius 1 is 1.24 bits per heavy atom. The molecule has 1 aliphatic carbocycles. The van der Waals surface area contributed by atoms with Crippen LogP contribution in [0.2, 0.25) is 0 Å². The third-order valence-electron chi connectivity index (χ3n) is 3.96. The van der Waals surface area contributed by atoms with E-state index in [2.05, 4.69) is 24.8 Å². The van der Waals surface area contributed by atoms with Crippen molar-refractivity contribution in [3.63, 3.8) is 0 Å². The van der Waals surface area contributed by atoms with Crippen LogP contribution in [0.1, 0.15) is 49.7 Å². The Hall–Kier alpha value is -1.55. The summed E-state index contributed by atoms with van der Waals surface area (Å²) < 4.78 is 0. The minimum Gasteiger partial charge on any atom is -0.192 e. The van der Waals surface area contributed by atoms with Crippen molar-refractivity contribution in [2.75, 3.05) is 0 Å². The maximum absolute atomic E-state index is 9.26. The van der Waals surface area contributed by atoms with E-state index < -0.39 is 0 Å². The van der Waals surface area contributed by atoms with Crippen molar-refractivity contribution >= 4 is 0 Å². The van der Waals surface area contributed by atoms with Crippen LogP contribution in [0.15, 0.2) is 36.9 Å². The minimum absolute atomic E-state index is 0.173. The molecule has 1 nitrogen and oxygen atoms in total. The van der Waals surface area contributed by atoms with E-state index in [1.54, 1.807) is 0 Å². The number of rotatable bonds is 3. The quantitative estimate of drug-likeness (QED) is 0.702. The molecule has 0 N–H and O–H groups in total. The summed E-state index contributed by atoms with van der Waals surface area (Å²) in [6.07, 6.45) is 9.26. The van der Waals surface area contributed by atoms with Crippen molar-refractivity contribution in [1.29, 1.82) is 5.26 Å². The highest BCUT2D eigenvalue weighted by atomic mass is 14.4. The Balaban J connectivity index is 2.45. The molecule has 0 saturated heterocycles. The van der Waals surface area contributed by atoms with Crippen LogP contribution in [0.25, 0.3) is 0 Å². The Bertz CT molecular complexity index is 433. The molecule has 0 aliphatic heterocycles. The molecule has 88 valence electrons. The van der Waals surface area contributed by atoms with Crippen LogP contribution in [0.5, 0.6) is 0 Å². The van der Waals surface area contributed by atoms with Crippen LogP contribution in [0.3, 0.4) is 0 Å². The highest BCUT2D eigenvalue weighted by molar-refractivity contribution is 5.43. The second-order valence-electron chi connectivity index (χ2n) is 4.99. The molecule has 17 heavy (non-hydrogen) atoms. The maximum atomic E-state index is 9.26. The van der Waals surface area contributed by atoms with Gasteiger partial charge >= 0.3 is 0 Å². The van der Waals surface area contributed by atoms with Crippen LogP contribution in [0.4, 0.5) is 0 Å². The van der Waals surface area contributed by atoms with E-state index in [0.29, 0.717) is 0 Å². The Morgan fingerprint density at radius 2 is 1.94 bits per heavy atom. The monoisotopic (exact) mass is 225 g/mol. The molecule has 0 heterocycles. The van der Waals surface area contributed by atoms with E-state index in [1.165, 1.54) is 37.7 Å². The van der Waals surface area contributed by atoms with Crippen LogP contribution >= 0.6 is 0 Å². The van der Waals surface area contributed by atoms with Gasteiger partial charge in [-0.05, 0) is 30.9 Å². The lowest BCUT2D eigenvalue weighted by molar-refractivity contribution is 0.294. The molecule has 1 fully saturated rings. The average Bonchev–Trinajstić information content (AvgIpc) is 2.40. The summed E-state index contributed by atoms with van der Waals surface area (Å²) in [6, 6.07) is 10.4. The second kappa shape index (κ2) is 5.19. The van der Waals surface area contributed by atoms with E-state index in [-0.39, 0.29) is 5.41 Å². The normalized spacial score (nSPS) is 18.3. The maximum Gasteiger partial charge on any atom is 0.0994 e. The van der Waals surface area contributed by atoms with Crippen molar-refractivity contribution in [2.24, 2.45) is 0 Å². The van der Waals surface area contributed by atoms with Crippen molar-refractivity contribution in [3.05, 3.63) is 48.0 Å². The number of nitrogens with zero attached hydrogens (tertiary/aromatic N) is 1. The third-order valence-corrected chi connectivity index (χ3v) is 3.96. The van der Waals surface area contributed by atoms with Gasteiger partial charge in [0.25, 0.3) is 0 Å². The van der Waals surface area contributed by atoms with Gasteiger partial charge in [-0.1, -0.05) is 43.5 Å². The first kappa shape index (κ1) is 11.9. The topological polar surface area (TPSA) is 23.8 Å². The molecule has 2 rings (SSSR count). The molecular weight excluding hydrogens is 206 g/mol. The van der Waals surface area contributed by atoms with Crippen LogP contribution in [0, 0.1) is 11.3 Å². The fraction of sp³-hybridized carbons (Fsp3) is 0.438. The highest BCUT2D eigenvalue weighted by Gasteiger charge is 2.34. The molecular formula is C16H19N. The van der Waals surface area contributed by atoms with E-state index >= 15 is 0 Å². The van der Waals surface area contributed by atoms with Gasteiger partial charge in [0.2, 0.25) is 0 Å². The first-order chi connectivity index (χ1) is 8.32. The van der Waals surface area contributed by atoms with E-state index in [0.717, 1.165) is 12.0 Å². The first-order valence-corrected chi connectivity index (χ1v) is 6.43. The first-order valence-electron chi connectivity index (χ1n) is 6.43. The van der Waals surface area contributed by atoms with E-state index in [9.17, 15) is 5.26 Å². The predicted octanol–water partition coefficient (Wildman–Crippen LogP) is 4.34. The molecule has 1 heteroatoms. The SMILES string of the molecule is C=CCC1(c2ccccc2C#N)CCCCC1. The highest BCUT2D eigenvalue weighted by Crippen LogP contribution is 2.43. The fourth-order valence-corrected chi connectivity index (χ4v) is 3.13. The molecule has 0 unspecified atom stereocenters. The Labute approximate surface area is 104 Å². The lowest BCUT2D eigenvalue weighted by Crippen LogP contribution is -2.29. The van der Waals surface area contributed by atoms with Gasteiger partial charge in [0.1, 0.15) is 0 Å². The summed E-state index contributed by atoms with van der Waals surface area (Å²) in [5, 5.41) is 9.26. The summed E-state index contributed by atoms with van der Waals surface area (Å²) in [5.41, 5.74) is 2.25. The average molecular weight is 225 g/mol. The molecule has 0 radical (unpaired) electrons. The van der Waals surface area contributed by atoms with Gasteiger partial charge in [0.15, 0.2) is 0 Å². The molecule has 0 atom stereocenters. The molecule has 0 spiro atoms. The van der Waals surface area contributed by atoms with Gasteiger partial charge < -0.3 is 0 Å². The molecule has 0 amide bonds. The van der Waals surface area contributed by atoms with Gasteiger partial charge in [-0.25, -0.2) is 0 Å². The minimum atomic E-state index is 0.173. The van der Waals surface area contributed by atoms with Crippen molar-refractivity contribution in [2.45, 2.75) is 43.9 Å². The number of nitriles is 1. The molecule has 1 aromatic carbocycles. The van der Waals surface area contributed by atoms with Crippen LogP contribution in [-0.2, 0) is 5.41 Å². The van der Waals surface area contributed by atoms with Crippen molar-refractivity contribution in [3.8, 4) is 6.07 Å². The fourth-order valence-electron chi connectivity index (χ4n) is 3.13. The number of hydrogen-bond acceptors (Lipinski definition) is 1. The van der Waals surface area contributed by atoms with Gasteiger partial charge in [0.05, 0.1) is 11.6 Å². The smallest absolute Gasteiger partial charge is 0.0994 e. The summed E-state index contributed by atoms with van der Waals surface area (Å²) in [7, 11) is 0. The zero-order valence-corrected chi connectivity index (χ0v) is 10.3. The standard InChI is InChI=1S/C16H19N/c1-2-10-16(11-6-3-7-12-16)15-9-5-4-8-14(15)13-17/h2,4-5,8-9H,1,3,6-7,10-12H2. The number of hydrogen-bond donors (Lipinski definition) is 0.